The van der Waals surface area contributed by atoms with E-state index in [0.29, 0.717) is 10.0 Å². The molecule has 1 aromatic carbocycles. The number of ketones is 1. The van der Waals surface area contributed by atoms with Gasteiger partial charge in [-0.15, -0.1) is 10.2 Å². The van der Waals surface area contributed by atoms with Crippen LogP contribution in [0.25, 0.3) is 0 Å². The van der Waals surface area contributed by atoms with Gasteiger partial charge in [-0.3, -0.25) is 14.9 Å². The fraction of sp³-hybridized carbons (Fsp3) is 0.353. The maximum atomic E-state index is 12.1. The Balaban J connectivity index is 2.00. The lowest BCUT2D eigenvalue weighted by Gasteiger charge is -2.16. The number of aromatic nitrogens is 2. The molecule has 2 N–H and O–H groups in total. The quantitative estimate of drug-likeness (QED) is 0.433. The molecule has 0 radical (unpaired) electrons. The zero-order valence-electron chi connectivity index (χ0n) is 15.7. The van der Waals surface area contributed by atoms with Crippen LogP contribution in [0, 0.1) is 13.8 Å². The Kier molecular flexibility index (Phi) is 6.92. The summed E-state index contributed by atoms with van der Waals surface area (Å²) in [5.41, 5.74) is 2.88. The number of aryl methyl sites for hydroxylation is 2. The van der Waals surface area contributed by atoms with Crippen LogP contribution < -0.4 is 10.6 Å². The molecule has 0 bridgehead atoms. The Bertz CT molecular complexity index is 866. The van der Waals surface area contributed by atoms with Gasteiger partial charge < -0.3 is 10.2 Å². The molecule has 27 heavy (non-hydrogen) atoms. The predicted molar refractivity (Wildman–Crippen MR) is 107 cm³/mol. The third-order valence-corrected chi connectivity index (χ3v) is 5.87. The first-order chi connectivity index (χ1) is 12.7. The van der Waals surface area contributed by atoms with Gasteiger partial charge in [-0.1, -0.05) is 29.2 Å². The highest BCUT2D eigenvalue weighted by Crippen LogP contribution is 2.30. The Morgan fingerprint density at radius 2 is 1.81 bits per heavy atom. The predicted octanol–water partition coefficient (Wildman–Crippen LogP) is 2.94. The topological polar surface area (TPSA) is 104 Å². The van der Waals surface area contributed by atoms with Crippen molar-refractivity contribution in [3.63, 3.8) is 0 Å². The second-order valence-electron chi connectivity index (χ2n) is 6.09. The van der Waals surface area contributed by atoms with Gasteiger partial charge in [-0.05, 0) is 44.0 Å². The van der Waals surface area contributed by atoms with Crippen LogP contribution >= 0.6 is 23.1 Å². The lowest BCUT2D eigenvalue weighted by molar-refractivity contribution is -0.132. The number of rotatable bonds is 6. The van der Waals surface area contributed by atoms with E-state index in [4.69, 9.17) is 0 Å². The fourth-order valence-electron chi connectivity index (χ4n) is 2.03. The van der Waals surface area contributed by atoms with Crippen LogP contribution in [-0.4, -0.2) is 52.2 Å². The smallest absolute Gasteiger partial charge is 0.325 e. The van der Waals surface area contributed by atoms with Crippen molar-refractivity contribution in [1.29, 1.82) is 0 Å². The molecule has 8 nitrogen and oxygen atoms in total. The lowest BCUT2D eigenvalue weighted by Crippen LogP contribution is -2.35. The van der Waals surface area contributed by atoms with E-state index in [-0.39, 0.29) is 16.8 Å². The van der Waals surface area contributed by atoms with Crippen LogP contribution in [0.15, 0.2) is 22.5 Å². The van der Waals surface area contributed by atoms with E-state index < -0.39 is 11.3 Å². The highest BCUT2D eigenvalue weighted by molar-refractivity contribution is 8.03. The molecule has 0 unspecified atom stereocenters. The number of hydrogen-bond acceptors (Lipinski definition) is 7. The minimum atomic E-state index is -0.884. The highest BCUT2D eigenvalue weighted by Gasteiger charge is 2.27. The number of carbonyl (C=O) groups is 3. The maximum Gasteiger partial charge on any atom is 0.325 e. The molecule has 0 aliphatic carbocycles. The van der Waals surface area contributed by atoms with Gasteiger partial charge in [0.2, 0.25) is 11.0 Å². The van der Waals surface area contributed by atoms with E-state index in [0.717, 1.165) is 34.2 Å². The monoisotopic (exact) mass is 407 g/mol. The SMILES string of the molecule is CC(=O)[C@@H](Sc1nnc(NC(=O)Nc2ccc(C)c(C)c2)s1)C(=O)N(C)C. The number of carbonyl (C=O) groups excluding carboxylic acids is 3. The number of hydrogen-bond donors (Lipinski definition) is 2. The number of urea groups is 1. The average Bonchev–Trinajstić information content (AvgIpc) is 3.02. The molecule has 10 heteroatoms. The normalized spacial score (nSPS) is 11.6. The number of Topliss-reactive ketones (excluding diaryl/α,β-unsaturated/α-hetero) is 1. The number of nitrogens with one attached hydrogen (secondary N) is 2. The molecule has 1 heterocycles. The summed E-state index contributed by atoms with van der Waals surface area (Å²) in [6.07, 6.45) is 0. The molecule has 0 aliphatic rings. The first-order valence-electron chi connectivity index (χ1n) is 8.04. The van der Waals surface area contributed by atoms with Crippen LogP contribution in [0.2, 0.25) is 0 Å². The first-order valence-corrected chi connectivity index (χ1v) is 9.74. The molecule has 0 saturated carbocycles. The summed E-state index contributed by atoms with van der Waals surface area (Å²) < 4.78 is 0.423. The van der Waals surface area contributed by atoms with Gasteiger partial charge in [0.25, 0.3) is 0 Å². The zero-order valence-corrected chi connectivity index (χ0v) is 17.3. The molecule has 2 aromatic rings. The molecule has 3 amide bonds. The molecule has 0 fully saturated rings. The maximum absolute atomic E-state index is 12.1. The van der Waals surface area contributed by atoms with Crippen molar-refractivity contribution in [3.05, 3.63) is 29.3 Å². The second-order valence-corrected chi connectivity index (χ2v) is 8.42. The summed E-state index contributed by atoms with van der Waals surface area (Å²) in [6.45, 7) is 5.32. The fourth-order valence-corrected chi connectivity index (χ4v) is 3.99. The van der Waals surface area contributed by atoms with E-state index in [1.54, 1.807) is 14.1 Å². The first kappa shape index (κ1) is 20.8. The summed E-state index contributed by atoms with van der Waals surface area (Å²) in [7, 11) is 3.17. The van der Waals surface area contributed by atoms with E-state index in [1.165, 1.54) is 11.8 Å². The van der Waals surface area contributed by atoms with Gasteiger partial charge in [-0.25, -0.2) is 4.79 Å². The number of anilines is 2. The molecular weight excluding hydrogens is 386 g/mol. The van der Waals surface area contributed by atoms with Crippen molar-refractivity contribution in [1.82, 2.24) is 15.1 Å². The average molecular weight is 408 g/mol. The van der Waals surface area contributed by atoms with Crippen LogP contribution in [0.4, 0.5) is 15.6 Å². The highest BCUT2D eigenvalue weighted by atomic mass is 32.2. The van der Waals surface area contributed by atoms with E-state index >= 15 is 0 Å². The lowest BCUT2D eigenvalue weighted by atomic mass is 10.1. The van der Waals surface area contributed by atoms with Crippen LogP contribution in [0.5, 0.6) is 0 Å². The van der Waals surface area contributed by atoms with Crippen molar-refractivity contribution >= 4 is 51.6 Å². The van der Waals surface area contributed by atoms with Gasteiger partial charge >= 0.3 is 6.03 Å². The van der Waals surface area contributed by atoms with Gasteiger partial charge in [0.15, 0.2) is 10.1 Å². The van der Waals surface area contributed by atoms with Gasteiger partial charge in [-0.2, -0.15) is 0 Å². The minimum Gasteiger partial charge on any atom is -0.347 e. The zero-order chi connectivity index (χ0) is 20.1. The Morgan fingerprint density at radius 3 is 2.41 bits per heavy atom. The van der Waals surface area contributed by atoms with E-state index in [1.807, 2.05) is 32.0 Å². The summed E-state index contributed by atoms with van der Waals surface area (Å²) in [5, 5.41) is 12.5. The van der Waals surface area contributed by atoms with Gasteiger partial charge in [0.1, 0.15) is 5.25 Å². The molecule has 0 saturated heterocycles. The molecular formula is C17H21N5O3S2. The molecule has 0 spiro atoms. The second kappa shape index (κ2) is 8.96. The van der Waals surface area contributed by atoms with Crippen LogP contribution in [0.1, 0.15) is 18.1 Å². The Hall–Kier alpha value is -2.46. The van der Waals surface area contributed by atoms with E-state index in [2.05, 4.69) is 20.8 Å². The number of nitrogens with zero attached hydrogens (tertiary/aromatic N) is 3. The van der Waals surface area contributed by atoms with Crippen molar-refractivity contribution in [2.24, 2.45) is 0 Å². The summed E-state index contributed by atoms with van der Waals surface area (Å²) in [6, 6.07) is 5.17. The van der Waals surface area contributed by atoms with Crippen LogP contribution in [-0.2, 0) is 9.59 Å². The standard InChI is InChI=1S/C17H21N5O3S2/c1-9-6-7-12(8-10(9)2)18-15(25)19-16-20-21-17(27-16)26-13(11(3)23)14(24)22(4)5/h6-8,13H,1-5H3,(H2,18,19,20,25)/t13-/m1/s1. The van der Waals surface area contributed by atoms with E-state index in [9.17, 15) is 14.4 Å². The molecule has 144 valence electrons. The Labute approximate surface area is 165 Å². The van der Waals surface area contributed by atoms with Crippen molar-refractivity contribution in [2.75, 3.05) is 24.7 Å². The largest absolute Gasteiger partial charge is 0.347 e. The molecule has 1 atom stereocenters. The molecule has 2 rings (SSSR count). The number of benzene rings is 1. The van der Waals surface area contributed by atoms with Crippen LogP contribution in [0.3, 0.4) is 0 Å². The summed E-state index contributed by atoms with van der Waals surface area (Å²) >= 11 is 2.12. The number of amides is 3. The third kappa shape index (κ3) is 5.76. The number of thioether (sulfide) groups is 1. The van der Waals surface area contributed by atoms with Crippen molar-refractivity contribution in [2.45, 2.75) is 30.4 Å². The van der Waals surface area contributed by atoms with Crippen molar-refractivity contribution < 1.29 is 14.4 Å². The minimum absolute atomic E-state index is 0.268. The summed E-state index contributed by atoms with van der Waals surface area (Å²) in [4.78, 5) is 37.3. The summed E-state index contributed by atoms with van der Waals surface area (Å²) in [5.74, 6) is -0.583. The molecule has 1 aromatic heterocycles. The van der Waals surface area contributed by atoms with Gasteiger partial charge in [0.05, 0.1) is 0 Å². The van der Waals surface area contributed by atoms with Crippen molar-refractivity contribution in [3.8, 4) is 0 Å². The Morgan fingerprint density at radius 1 is 1.11 bits per heavy atom. The molecule has 0 aliphatic heterocycles. The third-order valence-electron chi connectivity index (χ3n) is 3.64. The van der Waals surface area contributed by atoms with Gasteiger partial charge in [0, 0.05) is 19.8 Å².